The van der Waals surface area contributed by atoms with E-state index in [4.69, 9.17) is 5.73 Å². The van der Waals surface area contributed by atoms with Crippen molar-refractivity contribution in [3.63, 3.8) is 0 Å². The summed E-state index contributed by atoms with van der Waals surface area (Å²) in [6, 6.07) is 7.01. The van der Waals surface area contributed by atoms with E-state index in [1.165, 1.54) is 32.1 Å². The number of anilines is 1. The van der Waals surface area contributed by atoms with Gasteiger partial charge in [0, 0.05) is 18.3 Å². The minimum atomic E-state index is -0.465. The number of amides is 1. The van der Waals surface area contributed by atoms with E-state index in [1.807, 2.05) is 24.3 Å². The average molecular weight is 328 g/mol. The van der Waals surface area contributed by atoms with E-state index < -0.39 is 6.04 Å². The lowest BCUT2D eigenvalue weighted by Gasteiger charge is -2.24. The van der Waals surface area contributed by atoms with Crippen LogP contribution in [0, 0.1) is 5.92 Å². The van der Waals surface area contributed by atoms with Crippen molar-refractivity contribution in [2.75, 3.05) is 5.32 Å². The van der Waals surface area contributed by atoms with Crippen LogP contribution >= 0.6 is 0 Å². The number of nitrogens with zero attached hydrogens (tertiary/aromatic N) is 4. The Bertz CT molecular complexity index is 692. The molecule has 1 amide bonds. The third kappa shape index (κ3) is 3.97. The molecule has 1 saturated carbocycles. The molecule has 1 atom stereocenters. The van der Waals surface area contributed by atoms with Gasteiger partial charge in [0.1, 0.15) is 0 Å². The van der Waals surface area contributed by atoms with Gasteiger partial charge in [0.05, 0.1) is 6.04 Å². The van der Waals surface area contributed by atoms with Gasteiger partial charge in [0.25, 0.3) is 0 Å². The molecule has 24 heavy (non-hydrogen) atoms. The van der Waals surface area contributed by atoms with Gasteiger partial charge in [-0.15, -0.1) is 5.10 Å². The second-order valence-corrected chi connectivity index (χ2v) is 6.54. The Hall–Kier alpha value is -2.28. The van der Waals surface area contributed by atoms with Crippen LogP contribution in [0.2, 0.25) is 0 Å². The Kier molecular flexibility index (Phi) is 5.20. The van der Waals surface area contributed by atoms with E-state index in [0.717, 1.165) is 12.0 Å². The Morgan fingerprint density at radius 1 is 1.38 bits per heavy atom. The highest BCUT2D eigenvalue weighted by Crippen LogP contribution is 2.27. The number of nitrogens with two attached hydrogens (primary N) is 1. The fourth-order valence-corrected chi connectivity index (χ4v) is 3.33. The predicted octanol–water partition coefficient (Wildman–Crippen LogP) is 2.11. The molecule has 3 N–H and O–H groups in total. The van der Waals surface area contributed by atoms with Gasteiger partial charge in [-0.3, -0.25) is 4.79 Å². The van der Waals surface area contributed by atoms with Gasteiger partial charge in [-0.25, -0.2) is 4.68 Å². The molecule has 0 radical (unpaired) electrons. The second kappa shape index (κ2) is 7.53. The summed E-state index contributed by atoms with van der Waals surface area (Å²) >= 11 is 0. The average Bonchev–Trinajstić information content (AvgIpc) is 3.02. The van der Waals surface area contributed by atoms with Crippen LogP contribution in [0.15, 0.2) is 24.3 Å². The number of benzene rings is 1. The molecule has 0 saturated heterocycles. The van der Waals surface area contributed by atoms with Crippen LogP contribution in [0.5, 0.6) is 0 Å². The van der Waals surface area contributed by atoms with Crippen molar-refractivity contribution in [3.05, 3.63) is 24.3 Å². The first kappa shape index (κ1) is 16.6. The van der Waals surface area contributed by atoms with Crippen molar-refractivity contribution in [2.24, 2.45) is 18.7 Å². The maximum absolute atomic E-state index is 12.4. The van der Waals surface area contributed by atoms with Crippen molar-refractivity contribution in [1.29, 1.82) is 0 Å². The molecule has 0 bridgehead atoms. The maximum Gasteiger partial charge on any atom is 0.241 e. The molecule has 1 heterocycles. The van der Waals surface area contributed by atoms with E-state index in [1.54, 1.807) is 11.7 Å². The summed E-state index contributed by atoms with van der Waals surface area (Å²) in [6.07, 6.45) is 6.96. The third-order valence-electron chi connectivity index (χ3n) is 4.66. The van der Waals surface area contributed by atoms with E-state index in [2.05, 4.69) is 20.8 Å². The molecule has 1 unspecified atom stereocenters. The largest absolute Gasteiger partial charge is 0.325 e. The standard InChI is InChI=1S/C17H24N6O/c1-23-16(20-21-22-23)13-8-5-9-14(11-13)19-17(24)15(18)10-12-6-3-2-4-7-12/h5,8-9,11-12,15H,2-4,6-7,10,18H2,1H3,(H,19,24). The van der Waals surface area contributed by atoms with Gasteiger partial charge in [-0.05, 0) is 34.9 Å². The van der Waals surface area contributed by atoms with Gasteiger partial charge in [0.15, 0.2) is 5.82 Å². The Balaban J connectivity index is 1.62. The van der Waals surface area contributed by atoms with Crippen LogP contribution in [0.4, 0.5) is 5.69 Å². The van der Waals surface area contributed by atoms with Crippen LogP contribution in [-0.2, 0) is 11.8 Å². The monoisotopic (exact) mass is 328 g/mol. The zero-order valence-corrected chi connectivity index (χ0v) is 14.0. The minimum Gasteiger partial charge on any atom is -0.325 e. The quantitative estimate of drug-likeness (QED) is 0.876. The highest BCUT2D eigenvalue weighted by atomic mass is 16.2. The highest BCUT2D eigenvalue weighted by molar-refractivity contribution is 5.95. The summed E-state index contributed by atoms with van der Waals surface area (Å²) in [6.45, 7) is 0. The lowest BCUT2D eigenvalue weighted by molar-refractivity contribution is -0.117. The van der Waals surface area contributed by atoms with E-state index in [9.17, 15) is 4.79 Å². The van der Waals surface area contributed by atoms with Gasteiger partial charge in [-0.2, -0.15) is 0 Å². The molecule has 1 aliphatic carbocycles. The molecule has 1 aromatic heterocycles. The number of hydrogen-bond donors (Lipinski definition) is 2. The normalized spacial score (nSPS) is 16.8. The minimum absolute atomic E-state index is 0.131. The summed E-state index contributed by atoms with van der Waals surface area (Å²) in [4.78, 5) is 12.4. The first-order valence-corrected chi connectivity index (χ1v) is 8.52. The lowest BCUT2D eigenvalue weighted by Crippen LogP contribution is -2.37. The van der Waals surface area contributed by atoms with Crippen molar-refractivity contribution in [2.45, 2.75) is 44.6 Å². The maximum atomic E-state index is 12.4. The lowest BCUT2D eigenvalue weighted by atomic mass is 9.85. The molecule has 7 nitrogen and oxygen atoms in total. The van der Waals surface area contributed by atoms with E-state index in [0.29, 0.717) is 17.4 Å². The molecule has 0 spiro atoms. The molecule has 0 aliphatic heterocycles. The molecule has 2 aromatic rings. The predicted molar refractivity (Wildman–Crippen MR) is 92.0 cm³/mol. The molecule has 1 aromatic carbocycles. The van der Waals surface area contributed by atoms with Gasteiger partial charge < -0.3 is 11.1 Å². The topological polar surface area (TPSA) is 98.7 Å². The van der Waals surface area contributed by atoms with Crippen molar-refractivity contribution < 1.29 is 4.79 Å². The van der Waals surface area contributed by atoms with Crippen molar-refractivity contribution in [3.8, 4) is 11.4 Å². The molecular weight excluding hydrogens is 304 g/mol. The number of nitrogens with one attached hydrogen (secondary N) is 1. The molecular formula is C17H24N6O. The zero-order valence-electron chi connectivity index (χ0n) is 14.0. The first-order valence-electron chi connectivity index (χ1n) is 8.52. The van der Waals surface area contributed by atoms with Gasteiger partial charge >= 0.3 is 0 Å². The van der Waals surface area contributed by atoms with Crippen LogP contribution < -0.4 is 11.1 Å². The Morgan fingerprint density at radius 2 is 2.17 bits per heavy atom. The number of carbonyl (C=O) groups is 1. The fourth-order valence-electron chi connectivity index (χ4n) is 3.33. The Morgan fingerprint density at radius 3 is 2.88 bits per heavy atom. The fraction of sp³-hybridized carbons (Fsp3) is 0.529. The highest BCUT2D eigenvalue weighted by Gasteiger charge is 2.21. The van der Waals surface area contributed by atoms with Crippen LogP contribution in [0.3, 0.4) is 0 Å². The van der Waals surface area contributed by atoms with Crippen molar-refractivity contribution in [1.82, 2.24) is 20.2 Å². The number of aromatic nitrogens is 4. The summed E-state index contributed by atoms with van der Waals surface area (Å²) in [7, 11) is 1.78. The van der Waals surface area contributed by atoms with Crippen LogP contribution in [0.1, 0.15) is 38.5 Å². The molecule has 1 aliphatic rings. The van der Waals surface area contributed by atoms with E-state index >= 15 is 0 Å². The van der Waals surface area contributed by atoms with Crippen LogP contribution in [-0.4, -0.2) is 32.2 Å². The number of aryl methyl sites for hydroxylation is 1. The summed E-state index contributed by atoms with van der Waals surface area (Å²) in [5, 5.41) is 14.4. The third-order valence-corrected chi connectivity index (χ3v) is 4.66. The molecule has 1 fully saturated rings. The van der Waals surface area contributed by atoms with Gasteiger partial charge in [0.2, 0.25) is 5.91 Å². The summed E-state index contributed by atoms with van der Waals surface area (Å²) in [5.74, 6) is 1.10. The zero-order chi connectivity index (χ0) is 16.9. The number of rotatable bonds is 5. The number of carbonyl (C=O) groups excluding carboxylic acids is 1. The first-order chi connectivity index (χ1) is 11.6. The molecule has 7 heteroatoms. The Labute approximate surface area is 141 Å². The molecule has 128 valence electrons. The SMILES string of the molecule is Cn1nnnc1-c1cccc(NC(=O)C(N)CC2CCCCC2)c1. The van der Waals surface area contributed by atoms with Crippen LogP contribution in [0.25, 0.3) is 11.4 Å². The second-order valence-electron chi connectivity index (χ2n) is 6.54. The van der Waals surface area contributed by atoms with Crippen molar-refractivity contribution >= 4 is 11.6 Å². The number of hydrogen-bond acceptors (Lipinski definition) is 5. The van der Waals surface area contributed by atoms with E-state index in [-0.39, 0.29) is 5.91 Å². The summed E-state index contributed by atoms with van der Waals surface area (Å²) in [5.41, 5.74) is 7.66. The number of tetrazole rings is 1. The smallest absolute Gasteiger partial charge is 0.241 e. The van der Waals surface area contributed by atoms with Gasteiger partial charge in [-0.1, -0.05) is 44.2 Å². The summed E-state index contributed by atoms with van der Waals surface area (Å²) < 4.78 is 1.59. The molecule has 3 rings (SSSR count).